The predicted molar refractivity (Wildman–Crippen MR) is 68.1 cm³/mol. The van der Waals surface area contributed by atoms with Crippen LogP contribution >= 0.6 is 38.9 Å². The summed E-state index contributed by atoms with van der Waals surface area (Å²) in [4.78, 5) is 14.1. The van der Waals surface area contributed by atoms with Crippen LogP contribution < -0.4 is 0 Å². The van der Waals surface area contributed by atoms with Gasteiger partial charge in [-0.2, -0.15) is 0 Å². The Hall–Kier alpha value is -0.100. The van der Waals surface area contributed by atoms with Gasteiger partial charge < -0.3 is 5.11 Å². The van der Waals surface area contributed by atoms with Crippen LogP contribution in [0.15, 0.2) is 10.5 Å². The second-order valence-corrected chi connectivity index (χ2v) is 6.39. The normalized spacial score (nSPS) is 21.5. The number of nitrogens with zero attached hydrogens (tertiary/aromatic N) is 1. The maximum Gasteiger partial charge on any atom is 0.320 e. The zero-order valence-corrected chi connectivity index (χ0v) is 11.6. The third-order valence-corrected chi connectivity index (χ3v) is 5.16. The number of hydrogen-bond donors (Lipinski definition) is 1. The topological polar surface area (TPSA) is 40.5 Å². The van der Waals surface area contributed by atoms with Crippen LogP contribution in [0.4, 0.5) is 0 Å². The molecule has 1 N–H and O–H groups in total. The van der Waals surface area contributed by atoms with Gasteiger partial charge in [0, 0.05) is 15.9 Å². The predicted octanol–water partition coefficient (Wildman–Crippen LogP) is 3.21. The summed E-state index contributed by atoms with van der Waals surface area (Å²) in [7, 11) is 0. The number of likely N-dealkylation sites (tertiary alicyclic amines) is 1. The third kappa shape index (κ3) is 2.59. The second kappa shape index (κ2) is 5.04. The first-order valence-corrected chi connectivity index (χ1v) is 6.97. The van der Waals surface area contributed by atoms with Crippen molar-refractivity contribution in [3.63, 3.8) is 0 Å². The average Bonchev–Trinajstić information content (AvgIpc) is 2.75. The molecule has 1 aromatic rings. The van der Waals surface area contributed by atoms with Crippen LogP contribution in [0.5, 0.6) is 0 Å². The van der Waals surface area contributed by atoms with E-state index in [4.69, 9.17) is 16.7 Å². The smallest absolute Gasteiger partial charge is 0.320 e. The van der Waals surface area contributed by atoms with E-state index in [1.165, 1.54) is 11.3 Å². The van der Waals surface area contributed by atoms with Crippen LogP contribution in [-0.2, 0) is 11.3 Å². The van der Waals surface area contributed by atoms with E-state index in [-0.39, 0.29) is 6.04 Å². The molecule has 0 saturated carbocycles. The minimum absolute atomic E-state index is 0.334. The Kier molecular flexibility index (Phi) is 3.89. The highest BCUT2D eigenvalue weighted by molar-refractivity contribution is 9.10. The summed E-state index contributed by atoms with van der Waals surface area (Å²) in [6.45, 7) is 1.52. The molecule has 0 amide bonds. The first-order chi connectivity index (χ1) is 7.58. The minimum atomic E-state index is -0.723. The Morgan fingerprint density at radius 3 is 3.06 bits per heavy atom. The maximum atomic E-state index is 11.0. The summed E-state index contributed by atoms with van der Waals surface area (Å²) in [5, 5.41) is 9.05. The van der Waals surface area contributed by atoms with Crippen LogP contribution in [0.1, 0.15) is 17.7 Å². The summed E-state index contributed by atoms with van der Waals surface area (Å²) in [5.41, 5.74) is 0. The molecule has 1 aliphatic rings. The maximum absolute atomic E-state index is 11.0. The van der Waals surface area contributed by atoms with Gasteiger partial charge in [-0.05, 0) is 41.4 Å². The fourth-order valence-corrected chi connectivity index (χ4v) is 3.78. The summed E-state index contributed by atoms with van der Waals surface area (Å²) in [6, 6.07) is 1.63. The number of thiophene rings is 1. The number of carbonyl (C=O) groups is 1. The standard InChI is InChI=1S/C10H11BrClNO2S/c11-7-4-6(16-9(7)12)5-13-3-1-2-8(13)10(14)15/h4,8H,1-3,5H2,(H,14,15)/t8-/m1/s1. The molecular weight excluding hydrogens is 314 g/mol. The van der Waals surface area contributed by atoms with Gasteiger partial charge in [0.1, 0.15) is 10.4 Å². The van der Waals surface area contributed by atoms with Crippen molar-refractivity contribution in [1.29, 1.82) is 0 Å². The molecule has 2 rings (SSSR count). The van der Waals surface area contributed by atoms with Crippen LogP contribution in [-0.4, -0.2) is 28.6 Å². The number of carboxylic acid groups (broad SMARTS) is 1. The zero-order valence-electron chi connectivity index (χ0n) is 8.45. The van der Waals surface area contributed by atoms with Gasteiger partial charge in [-0.3, -0.25) is 9.69 Å². The first kappa shape index (κ1) is 12.4. The van der Waals surface area contributed by atoms with Gasteiger partial charge in [-0.25, -0.2) is 0 Å². The molecule has 88 valence electrons. The lowest BCUT2D eigenvalue weighted by Crippen LogP contribution is -2.35. The van der Waals surface area contributed by atoms with Crippen molar-refractivity contribution in [2.45, 2.75) is 25.4 Å². The molecule has 0 unspecified atom stereocenters. The largest absolute Gasteiger partial charge is 0.480 e. The van der Waals surface area contributed by atoms with E-state index in [1.54, 1.807) is 0 Å². The molecule has 0 radical (unpaired) electrons. The fourth-order valence-electron chi connectivity index (χ4n) is 1.96. The van der Waals surface area contributed by atoms with Gasteiger partial charge in [0.15, 0.2) is 0 Å². The van der Waals surface area contributed by atoms with Crippen LogP contribution in [0.3, 0.4) is 0 Å². The van der Waals surface area contributed by atoms with Crippen molar-refractivity contribution in [3.8, 4) is 0 Å². The van der Waals surface area contributed by atoms with Crippen LogP contribution in [0.2, 0.25) is 4.34 Å². The van der Waals surface area contributed by atoms with Crippen molar-refractivity contribution >= 4 is 44.8 Å². The Morgan fingerprint density at radius 1 is 1.75 bits per heavy atom. The molecule has 1 aromatic heterocycles. The SMILES string of the molecule is O=C(O)[C@H]1CCCN1Cc1cc(Br)c(Cl)s1. The van der Waals surface area contributed by atoms with Crippen molar-refractivity contribution in [3.05, 3.63) is 19.8 Å². The summed E-state index contributed by atoms with van der Waals surface area (Å²) < 4.78 is 1.61. The Balaban J connectivity index is 2.06. The molecule has 1 saturated heterocycles. The van der Waals surface area contributed by atoms with Crippen molar-refractivity contribution in [1.82, 2.24) is 4.90 Å². The van der Waals surface area contributed by atoms with Gasteiger partial charge in [-0.15, -0.1) is 11.3 Å². The summed E-state index contributed by atoms with van der Waals surface area (Å²) in [6.07, 6.45) is 1.70. The highest BCUT2D eigenvalue weighted by atomic mass is 79.9. The molecular formula is C10H11BrClNO2S. The van der Waals surface area contributed by atoms with Gasteiger partial charge in [0.2, 0.25) is 0 Å². The van der Waals surface area contributed by atoms with Gasteiger partial charge in [-0.1, -0.05) is 11.6 Å². The Morgan fingerprint density at radius 2 is 2.50 bits per heavy atom. The van der Waals surface area contributed by atoms with E-state index < -0.39 is 5.97 Å². The molecule has 3 nitrogen and oxygen atoms in total. The van der Waals surface area contributed by atoms with E-state index in [0.717, 1.165) is 33.1 Å². The lowest BCUT2D eigenvalue weighted by atomic mass is 10.2. The first-order valence-electron chi connectivity index (χ1n) is 4.98. The van der Waals surface area contributed by atoms with E-state index >= 15 is 0 Å². The molecule has 0 aromatic carbocycles. The molecule has 0 bridgehead atoms. The summed E-state index contributed by atoms with van der Waals surface area (Å²) >= 11 is 10.8. The van der Waals surface area contributed by atoms with Crippen molar-refractivity contribution in [2.24, 2.45) is 0 Å². The lowest BCUT2D eigenvalue weighted by molar-refractivity contribution is -0.142. The average molecular weight is 325 g/mol. The summed E-state index contributed by atoms with van der Waals surface area (Å²) in [5.74, 6) is -0.723. The van der Waals surface area contributed by atoms with E-state index in [1.807, 2.05) is 11.0 Å². The third-order valence-electron chi connectivity index (χ3n) is 2.70. The Bertz CT molecular complexity index is 390. The van der Waals surface area contributed by atoms with Crippen LogP contribution in [0, 0.1) is 0 Å². The van der Waals surface area contributed by atoms with Crippen molar-refractivity contribution < 1.29 is 9.90 Å². The minimum Gasteiger partial charge on any atom is -0.480 e. The molecule has 0 spiro atoms. The van der Waals surface area contributed by atoms with Gasteiger partial charge in [0.05, 0.1) is 0 Å². The number of hydrogen-bond acceptors (Lipinski definition) is 3. The highest BCUT2D eigenvalue weighted by Gasteiger charge is 2.30. The number of aliphatic carboxylic acids is 1. The fraction of sp³-hybridized carbons (Fsp3) is 0.500. The number of carboxylic acids is 1. The number of halogens is 2. The highest BCUT2D eigenvalue weighted by Crippen LogP contribution is 2.33. The van der Waals surface area contributed by atoms with E-state index in [0.29, 0.717) is 6.54 Å². The molecule has 16 heavy (non-hydrogen) atoms. The lowest BCUT2D eigenvalue weighted by Gasteiger charge is -2.19. The molecule has 1 aliphatic heterocycles. The van der Waals surface area contributed by atoms with E-state index in [2.05, 4.69) is 15.9 Å². The Labute approximate surface area is 111 Å². The molecule has 6 heteroatoms. The van der Waals surface area contributed by atoms with Gasteiger partial charge >= 0.3 is 5.97 Å². The molecule has 2 heterocycles. The van der Waals surface area contributed by atoms with Crippen molar-refractivity contribution in [2.75, 3.05) is 6.54 Å². The van der Waals surface area contributed by atoms with E-state index in [9.17, 15) is 4.79 Å². The monoisotopic (exact) mass is 323 g/mol. The van der Waals surface area contributed by atoms with Gasteiger partial charge in [0.25, 0.3) is 0 Å². The van der Waals surface area contributed by atoms with Crippen LogP contribution in [0.25, 0.3) is 0 Å². The molecule has 1 atom stereocenters. The number of rotatable bonds is 3. The second-order valence-electron chi connectivity index (χ2n) is 3.80. The zero-order chi connectivity index (χ0) is 11.7. The molecule has 1 fully saturated rings. The quantitative estimate of drug-likeness (QED) is 0.928. The molecule has 0 aliphatic carbocycles.